The molecule has 0 aromatic heterocycles. The molecule has 0 radical (unpaired) electrons. The number of nitrogens with two attached hydrogens (primary N) is 2. The number of nitrogens with one attached hydrogen (secondary N) is 8. The minimum atomic E-state index is -1.16. The number of hydrogen-bond donors (Lipinski definition) is 10. The molecule has 0 aliphatic carbocycles. The number of unbranched alkanes of at least 4 members (excludes halogenated alkanes) is 2. The zero-order chi connectivity index (χ0) is 55.4. The Hall–Kier alpha value is -5.38. The van der Waals surface area contributed by atoms with Gasteiger partial charge in [-0.2, -0.15) is 0 Å². The van der Waals surface area contributed by atoms with E-state index in [4.69, 9.17) is 11.5 Å². The lowest BCUT2D eigenvalue weighted by atomic mass is 9.99. The van der Waals surface area contributed by atoms with Gasteiger partial charge in [0.25, 0.3) is 0 Å². The van der Waals surface area contributed by atoms with E-state index < -0.39 is 119 Å². The molecule has 3 heterocycles. The fourth-order valence-corrected chi connectivity index (χ4v) is 9.75. The van der Waals surface area contributed by atoms with Crippen LogP contribution < -0.4 is 54.0 Å². The Morgan fingerprint density at radius 3 is 0.986 bits per heavy atom. The number of fused-ring (bicyclic) bond motifs is 2. The number of hydrogen-bond acceptors (Lipinski definition) is 12. The molecular formula is C52H92N12O10. The second-order valence-corrected chi connectivity index (χ2v) is 22.3. The summed E-state index contributed by atoms with van der Waals surface area (Å²) >= 11 is 0. The van der Waals surface area contributed by atoms with Crippen LogP contribution in [-0.4, -0.2) is 155 Å². The van der Waals surface area contributed by atoms with Crippen LogP contribution in [0.2, 0.25) is 0 Å². The van der Waals surface area contributed by atoms with Crippen LogP contribution in [0.15, 0.2) is 0 Å². The van der Waals surface area contributed by atoms with Crippen molar-refractivity contribution in [2.24, 2.45) is 35.1 Å². The first-order valence-corrected chi connectivity index (χ1v) is 27.3. The van der Waals surface area contributed by atoms with Gasteiger partial charge in [-0.25, -0.2) is 0 Å². The second-order valence-electron chi connectivity index (χ2n) is 22.3. The van der Waals surface area contributed by atoms with Gasteiger partial charge in [0.05, 0.1) is 0 Å². The maximum atomic E-state index is 14.5. The van der Waals surface area contributed by atoms with E-state index in [1.54, 1.807) is 0 Å². The summed E-state index contributed by atoms with van der Waals surface area (Å²) in [6, 6.07) is -11.0. The standard InChI is InChI=1S/C52H92N12O10/c1-29(2)25-37-47(69)57-35(17-11-13-21-53)45(67)61-39(27-31(5)6)51(73)64-24-16-20-42(64)50(72)56-34(10)44(66)60-38(26-30(3)4)48(70)58-36(18-12-14-22-54)46(68)62-40(28-32(7)8)52(74)63-23-15-19-41(63)49(71)55-33(9)43(65)59-37/h29-42H,11-28,53-54H2,1-10H3,(H,55,71)(H,56,72)(H,57,69)(H,58,70)(H,59,65)(H,60,66)(H,61,67)(H,62,68)/t33-,34-,35-,36-,37-,38-,39-,40-,41+,42+/m1/s1. The molecule has 0 bridgehead atoms. The van der Waals surface area contributed by atoms with Crippen molar-refractivity contribution in [3.8, 4) is 0 Å². The Balaban J connectivity index is 2.11. The lowest BCUT2D eigenvalue weighted by molar-refractivity contribution is -0.143. The molecule has 10 atom stereocenters. The highest BCUT2D eigenvalue weighted by Crippen LogP contribution is 2.23. The summed E-state index contributed by atoms with van der Waals surface area (Å²) in [4.78, 5) is 144. The molecule has 74 heavy (non-hydrogen) atoms. The van der Waals surface area contributed by atoms with E-state index in [1.807, 2.05) is 55.4 Å². The molecule has 0 aromatic rings. The normalized spacial score (nSPS) is 28.3. The highest BCUT2D eigenvalue weighted by atomic mass is 16.2. The quantitative estimate of drug-likeness (QED) is 0.0937. The molecule has 3 saturated heterocycles. The lowest BCUT2D eigenvalue weighted by Crippen LogP contribution is -2.61. The molecule has 12 N–H and O–H groups in total. The largest absolute Gasteiger partial charge is 0.343 e. The van der Waals surface area contributed by atoms with Gasteiger partial charge in [-0.15, -0.1) is 0 Å². The minimum Gasteiger partial charge on any atom is -0.343 e. The maximum absolute atomic E-state index is 14.5. The topological polar surface area (TPSA) is 325 Å². The van der Waals surface area contributed by atoms with Crippen molar-refractivity contribution in [1.82, 2.24) is 52.3 Å². The van der Waals surface area contributed by atoms with Crippen molar-refractivity contribution in [3.63, 3.8) is 0 Å². The molecule has 3 aliphatic rings. The van der Waals surface area contributed by atoms with Crippen LogP contribution in [0.3, 0.4) is 0 Å². The maximum Gasteiger partial charge on any atom is 0.245 e. The van der Waals surface area contributed by atoms with Gasteiger partial charge in [-0.3, -0.25) is 47.9 Å². The molecule has 420 valence electrons. The number of rotatable bonds is 16. The van der Waals surface area contributed by atoms with Crippen LogP contribution >= 0.6 is 0 Å². The minimum absolute atomic E-state index is 0.0883. The third kappa shape index (κ3) is 19.7. The van der Waals surface area contributed by atoms with E-state index in [9.17, 15) is 47.9 Å². The molecule has 22 heteroatoms. The van der Waals surface area contributed by atoms with Crippen molar-refractivity contribution < 1.29 is 47.9 Å². The monoisotopic (exact) mass is 1040 g/mol. The summed E-state index contributed by atoms with van der Waals surface area (Å²) in [5.74, 6) is -6.52. The summed E-state index contributed by atoms with van der Waals surface area (Å²) in [5.41, 5.74) is 11.6. The van der Waals surface area contributed by atoms with Crippen molar-refractivity contribution >= 4 is 59.1 Å². The predicted molar refractivity (Wildman–Crippen MR) is 280 cm³/mol. The summed E-state index contributed by atoms with van der Waals surface area (Å²) in [7, 11) is 0. The molecule has 22 nitrogen and oxygen atoms in total. The van der Waals surface area contributed by atoms with Gasteiger partial charge in [0.2, 0.25) is 59.1 Å². The zero-order valence-corrected chi connectivity index (χ0v) is 45.9. The third-order valence-corrected chi connectivity index (χ3v) is 13.7. The molecule has 3 fully saturated rings. The van der Waals surface area contributed by atoms with E-state index in [0.29, 0.717) is 51.6 Å². The van der Waals surface area contributed by atoms with Crippen LogP contribution in [0, 0.1) is 23.7 Å². The highest BCUT2D eigenvalue weighted by molar-refractivity contribution is 5.99. The van der Waals surface area contributed by atoms with Crippen molar-refractivity contribution in [3.05, 3.63) is 0 Å². The van der Waals surface area contributed by atoms with Gasteiger partial charge in [0.1, 0.15) is 60.4 Å². The molecule has 3 rings (SSSR count). The van der Waals surface area contributed by atoms with E-state index >= 15 is 0 Å². The fraction of sp³-hybridized carbons (Fsp3) is 0.808. The summed E-state index contributed by atoms with van der Waals surface area (Å²) in [6.45, 7) is 19.0. The molecule has 3 aliphatic heterocycles. The number of amides is 10. The van der Waals surface area contributed by atoms with Crippen LogP contribution in [0.5, 0.6) is 0 Å². The van der Waals surface area contributed by atoms with E-state index in [-0.39, 0.29) is 88.1 Å². The van der Waals surface area contributed by atoms with Crippen LogP contribution in [-0.2, 0) is 47.9 Å². The van der Waals surface area contributed by atoms with Crippen molar-refractivity contribution in [2.75, 3.05) is 26.2 Å². The molecule has 0 unspecified atom stereocenters. The Bertz CT molecular complexity index is 1800. The van der Waals surface area contributed by atoms with E-state index in [0.717, 1.165) is 0 Å². The van der Waals surface area contributed by atoms with Gasteiger partial charge >= 0.3 is 0 Å². The molecule has 0 aromatic carbocycles. The first-order valence-electron chi connectivity index (χ1n) is 27.3. The Morgan fingerprint density at radius 2 is 0.676 bits per heavy atom. The Labute approximate surface area is 439 Å². The summed E-state index contributed by atoms with van der Waals surface area (Å²) in [5, 5.41) is 22.3. The van der Waals surface area contributed by atoms with Gasteiger partial charge in [-0.05, 0) is 141 Å². The Kier molecular flexibility index (Phi) is 26.2. The molecule has 0 spiro atoms. The molecule has 10 amide bonds. The fourth-order valence-electron chi connectivity index (χ4n) is 9.75. The van der Waals surface area contributed by atoms with E-state index in [1.165, 1.54) is 23.6 Å². The number of nitrogens with zero attached hydrogens (tertiary/aromatic N) is 2. The number of carbonyl (C=O) groups is 10. The zero-order valence-electron chi connectivity index (χ0n) is 45.9. The number of carbonyl (C=O) groups excluding carboxylic acids is 10. The second kappa shape index (κ2) is 30.9. The Morgan fingerprint density at radius 1 is 0.392 bits per heavy atom. The van der Waals surface area contributed by atoms with Crippen molar-refractivity contribution in [1.29, 1.82) is 0 Å². The average Bonchev–Trinajstić information content (AvgIpc) is 4.03. The summed E-state index contributed by atoms with van der Waals surface area (Å²) in [6.07, 6.45) is 4.56. The SMILES string of the molecule is CC(C)C[C@H]1NC(=O)[C@@H](C)NC(=O)[C@@H]2CCCN2C(=O)[C@@H](CC(C)C)NC(=O)[C@@H](CCCCN)NC(=O)[C@@H](CC(C)C)NC(=O)[C@@H](C)NC(=O)[C@@H]2CCCN2C(=O)[C@@H](CC(C)C)NC(=O)[C@@H](CCCCN)NC1=O. The van der Waals surface area contributed by atoms with Crippen molar-refractivity contribution in [2.45, 2.75) is 220 Å². The first-order chi connectivity index (χ1) is 34.9. The van der Waals surface area contributed by atoms with Crippen LogP contribution in [0.1, 0.15) is 159 Å². The van der Waals surface area contributed by atoms with Gasteiger partial charge < -0.3 is 63.8 Å². The average molecular weight is 1050 g/mol. The predicted octanol–water partition coefficient (Wildman–Crippen LogP) is 0.343. The van der Waals surface area contributed by atoms with Crippen LogP contribution in [0.4, 0.5) is 0 Å². The van der Waals surface area contributed by atoms with E-state index in [2.05, 4.69) is 42.5 Å². The first kappa shape index (κ1) is 62.9. The van der Waals surface area contributed by atoms with Gasteiger partial charge in [-0.1, -0.05) is 55.4 Å². The third-order valence-electron chi connectivity index (χ3n) is 13.7. The molecule has 0 saturated carbocycles. The molecular weight excluding hydrogens is 953 g/mol. The van der Waals surface area contributed by atoms with Gasteiger partial charge in [0, 0.05) is 13.1 Å². The smallest absolute Gasteiger partial charge is 0.245 e. The lowest BCUT2D eigenvalue weighted by Gasteiger charge is -2.32. The summed E-state index contributed by atoms with van der Waals surface area (Å²) < 4.78 is 0. The van der Waals surface area contributed by atoms with Gasteiger partial charge in [0.15, 0.2) is 0 Å². The van der Waals surface area contributed by atoms with Crippen LogP contribution in [0.25, 0.3) is 0 Å². The highest BCUT2D eigenvalue weighted by Gasteiger charge is 2.42.